The van der Waals surface area contributed by atoms with Gasteiger partial charge in [0, 0.05) is 44.0 Å². The van der Waals surface area contributed by atoms with Crippen molar-refractivity contribution in [2.75, 3.05) is 13.2 Å². The molecule has 1 N–H and O–H groups in total. The predicted molar refractivity (Wildman–Crippen MR) is 109 cm³/mol. The maximum Gasteiger partial charge on any atom is 0.255 e. The molecule has 1 saturated heterocycles. The number of hydrogen-bond donors (Lipinski definition) is 1. The molecular weight excluding hydrogens is 387 g/mol. The highest BCUT2D eigenvalue weighted by Gasteiger charge is 2.32. The van der Waals surface area contributed by atoms with E-state index >= 15 is 0 Å². The van der Waals surface area contributed by atoms with Crippen molar-refractivity contribution < 1.29 is 13.9 Å². The molecule has 0 bridgehead atoms. The van der Waals surface area contributed by atoms with E-state index in [1.54, 1.807) is 31.4 Å². The molecule has 3 aromatic rings. The monoisotopic (exact) mass is 410 g/mol. The van der Waals surface area contributed by atoms with Crippen LogP contribution in [0.15, 0.2) is 53.5 Å². The molecule has 0 unspecified atom stereocenters. The van der Waals surface area contributed by atoms with Crippen LogP contribution >= 0.6 is 0 Å². The molecule has 0 saturated carbocycles. The summed E-state index contributed by atoms with van der Waals surface area (Å²) >= 11 is 0. The van der Waals surface area contributed by atoms with E-state index < -0.39 is 0 Å². The van der Waals surface area contributed by atoms with Gasteiger partial charge in [0.25, 0.3) is 5.91 Å². The number of nitrogens with one attached hydrogen (secondary N) is 1. The van der Waals surface area contributed by atoms with Gasteiger partial charge in [-0.3, -0.25) is 14.7 Å². The molecule has 4 rings (SSSR count). The minimum Gasteiger partial charge on any atom is -0.493 e. The van der Waals surface area contributed by atoms with E-state index in [0.717, 1.165) is 24.2 Å². The second-order valence-corrected chi connectivity index (χ2v) is 7.40. The van der Waals surface area contributed by atoms with Crippen LogP contribution < -0.4 is 10.3 Å². The van der Waals surface area contributed by atoms with Gasteiger partial charge in [0.05, 0.1) is 23.9 Å². The first kappa shape index (κ1) is 19.9. The fraction of sp³-hybridized carbons (Fsp3) is 0.318. The van der Waals surface area contributed by atoms with Crippen LogP contribution in [0.25, 0.3) is 0 Å². The Hall–Kier alpha value is -3.42. The number of H-pyrrole nitrogens is 1. The summed E-state index contributed by atoms with van der Waals surface area (Å²) in [6.45, 7) is 1.04. The number of benzene rings is 1. The highest BCUT2D eigenvalue weighted by atomic mass is 19.1. The predicted octanol–water partition coefficient (Wildman–Crippen LogP) is 2.85. The van der Waals surface area contributed by atoms with Crippen LogP contribution in [0.2, 0.25) is 0 Å². The van der Waals surface area contributed by atoms with Gasteiger partial charge in [-0.05, 0) is 37.1 Å². The van der Waals surface area contributed by atoms with Crippen LogP contribution in [0.5, 0.6) is 5.75 Å². The van der Waals surface area contributed by atoms with Crippen LogP contribution in [-0.4, -0.2) is 38.7 Å². The van der Waals surface area contributed by atoms with Gasteiger partial charge in [0.15, 0.2) is 0 Å². The normalized spacial score (nSPS) is 16.1. The first-order valence-electron chi connectivity index (χ1n) is 9.91. The van der Waals surface area contributed by atoms with Crippen LogP contribution in [0.1, 0.15) is 40.6 Å². The Labute approximate surface area is 173 Å². The Bertz CT molecular complexity index is 1110. The molecule has 3 heterocycles. The summed E-state index contributed by atoms with van der Waals surface area (Å²) in [5, 5.41) is 7.41. The molecule has 1 fully saturated rings. The van der Waals surface area contributed by atoms with Gasteiger partial charge in [0.1, 0.15) is 11.6 Å². The summed E-state index contributed by atoms with van der Waals surface area (Å²) in [6.07, 6.45) is 3.89. The second-order valence-electron chi connectivity index (χ2n) is 7.40. The Balaban J connectivity index is 1.41. The molecule has 1 amide bonds. The zero-order valence-corrected chi connectivity index (χ0v) is 16.7. The molecule has 156 valence electrons. The number of aromatic amines is 1. The number of carbonyl (C=O) groups excluding carboxylic acids is 1. The summed E-state index contributed by atoms with van der Waals surface area (Å²) in [5.41, 5.74) is 2.04. The Kier molecular flexibility index (Phi) is 5.65. The van der Waals surface area contributed by atoms with E-state index in [4.69, 9.17) is 4.74 Å². The average molecular weight is 410 g/mol. The smallest absolute Gasteiger partial charge is 0.255 e. The first-order chi connectivity index (χ1) is 14.5. The fourth-order valence-electron chi connectivity index (χ4n) is 3.72. The van der Waals surface area contributed by atoms with Crippen molar-refractivity contribution in [3.05, 3.63) is 81.8 Å². The third-order valence-electron chi connectivity index (χ3n) is 5.27. The van der Waals surface area contributed by atoms with Gasteiger partial charge in [0.2, 0.25) is 5.56 Å². The number of amides is 1. The molecule has 1 aromatic carbocycles. The van der Waals surface area contributed by atoms with Gasteiger partial charge in [-0.1, -0.05) is 6.07 Å². The van der Waals surface area contributed by atoms with E-state index in [0.29, 0.717) is 30.9 Å². The summed E-state index contributed by atoms with van der Waals surface area (Å²) in [7, 11) is 1.63. The number of halogens is 1. The molecule has 1 aliphatic rings. The number of ether oxygens (including phenoxy) is 1. The lowest BCUT2D eigenvalue weighted by Gasteiger charge is -2.23. The molecule has 2 aromatic heterocycles. The van der Waals surface area contributed by atoms with E-state index in [2.05, 4.69) is 10.2 Å². The van der Waals surface area contributed by atoms with E-state index in [-0.39, 0.29) is 23.3 Å². The maximum atomic E-state index is 13.2. The van der Waals surface area contributed by atoms with E-state index in [9.17, 15) is 14.0 Å². The summed E-state index contributed by atoms with van der Waals surface area (Å²) in [4.78, 5) is 26.4. The van der Waals surface area contributed by atoms with Crippen LogP contribution in [0, 0.1) is 5.82 Å². The molecule has 8 heteroatoms. The van der Waals surface area contributed by atoms with Gasteiger partial charge in [-0.15, -0.1) is 0 Å². The fourth-order valence-corrected chi connectivity index (χ4v) is 3.72. The van der Waals surface area contributed by atoms with Crippen molar-refractivity contribution in [3.8, 4) is 5.75 Å². The van der Waals surface area contributed by atoms with Crippen molar-refractivity contribution in [2.24, 2.45) is 7.05 Å². The topological polar surface area (TPSA) is 80.2 Å². The number of likely N-dealkylation sites (tertiary alicyclic amines) is 1. The number of aryl methyl sites for hydroxylation is 1. The van der Waals surface area contributed by atoms with Crippen LogP contribution in [0.4, 0.5) is 4.39 Å². The number of rotatable bonds is 6. The summed E-state index contributed by atoms with van der Waals surface area (Å²) in [5.74, 6) is 0.0486. The van der Waals surface area contributed by atoms with Crippen molar-refractivity contribution in [3.63, 3.8) is 0 Å². The summed E-state index contributed by atoms with van der Waals surface area (Å²) in [6, 6.07) is 10.9. The van der Waals surface area contributed by atoms with Gasteiger partial charge in [-0.2, -0.15) is 5.10 Å². The Morgan fingerprint density at radius 1 is 1.30 bits per heavy atom. The number of hydrogen-bond acceptors (Lipinski definition) is 4. The number of carbonyl (C=O) groups is 1. The maximum absolute atomic E-state index is 13.2. The quantitative estimate of drug-likeness (QED) is 0.678. The van der Waals surface area contributed by atoms with Crippen LogP contribution in [0.3, 0.4) is 0 Å². The average Bonchev–Trinajstić information content (AvgIpc) is 3.39. The highest BCUT2D eigenvalue weighted by Crippen LogP contribution is 2.32. The van der Waals surface area contributed by atoms with Gasteiger partial charge >= 0.3 is 0 Å². The minimum absolute atomic E-state index is 0.105. The van der Waals surface area contributed by atoms with Gasteiger partial charge in [-0.25, -0.2) is 4.39 Å². The number of aromatic nitrogens is 3. The molecule has 7 nitrogen and oxygen atoms in total. The molecule has 1 aliphatic heterocycles. The van der Waals surface area contributed by atoms with E-state index in [1.165, 1.54) is 22.8 Å². The van der Waals surface area contributed by atoms with Crippen molar-refractivity contribution >= 4 is 5.91 Å². The standard InChI is InChI=1S/C22H23FN4O3/c1-26-14-15(7-8-21(26)28)22(29)27-10-3-6-20(27)19-13-17(24-25-19)9-11-30-18-5-2-4-16(23)12-18/h2,4-5,7-8,12-14,20H,3,6,9-11H2,1H3,(H,24,25)/t20-/m0/s1. The third-order valence-corrected chi connectivity index (χ3v) is 5.27. The molecule has 0 aliphatic carbocycles. The SMILES string of the molecule is Cn1cc(C(=O)N2CCC[C@H]2c2cc(CCOc3cccc(F)c3)[nH]n2)ccc1=O. The van der Waals surface area contributed by atoms with Crippen molar-refractivity contribution in [1.29, 1.82) is 0 Å². The Morgan fingerprint density at radius 2 is 2.17 bits per heavy atom. The lowest BCUT2D eigenvalue weighted by molar-refractivity contribution is 0.0732. The molecule has 0 spiro atoms. The van der Waals surface area contributed by atoms with Crippen molar-refractivity contribution in [2.45, 2.75) is 25.3 Å². The zero-order valence-electron chi connectivity index (χ0n) is 16.7. The highest BCUT2D eigenvalue weighted by molar-refractivity contribution is 5.94. The lowest BCUT2D eigenvalue weighted by Crippen LogP contribution is -2.31. The molecule has 1 atom stereocenters. The minimum atomic E-state index is -0.333. The Morgan fingerprint density at radius 3 is 2.97 bits per heavy atom. The number of nitrogens with zero attached hydrogens (tertiary/aromatic N) is 3. The summed E-state index contributed by atoms with van der Waals surface area (Å²) < 4.78 is 20.2. The number of pyridine rings is 1. The third kappa shape index (κ3) is 4.27. The van der Waals surface area contributed by atoms with Gasteiger partial charge < -0.3 is 14.2 Å². The molecule has 0 radical (unpaired) electrons. The second kappa shape index (κ2) is 8.52. The largest absolute Gasteiger partial charge is 0.493 e. The van der Waals surface area contributed by atoms with Crippen molar-refractivity contribution in [1.82, 2.24) is 19.7 Å². The zero-order chi connectivity index (χ0) is 21.1. The molecular formula is C22H23FN4O3. The molecule has 30 heavy (non-hydrogen) atoms. The van der Waals surface area contributed by atoms with E-state index in [1.807, 2.05) is 11.0 Å². The first-order valence-corrected chi connectivity index (χ1v) is 9.91. The lowest BCUT2D eigenvalue weighted by atomic mass is 10.1. The van der Waals surface area contributed by atoms with Crippen LogP contribution in [-0.2, 0) is 13.5 Å².